The molecule has 2 atom stereocenters. The third-order valence-corrected chi connectivity index (χ3v) is 6.56. The third kappa shape index (κ3) is 5.89. The van der Waals surface area contributed by atoms with E-state index in [0.29, 0.717) is 36.9 Å². The van der Waals surface area contributed by atoms with Crippen molar-refractivity contribution in [1.29, 1.82) is 0 Å². The van der Waals surface area contributed by atoms with Crippen LogP contribution in [0.4, 0.5) is 4.79 Å². The standard InChI is InChI=1S/C30H28N2O5/c1-21-28(31-29(36-21)23-10-4-2-5-11-23)20-35-27-14-8-9-22(16-27)15-24-17-32(18-25(24)19-33)30(34)37-26-12-6-3-7-13-26/h2-14,16,19,24-25H,15,17-18,20H2,1H3/t24-,25-/m1/s1. The van der Waals surface area contributed by atoms with E-state index in [1.807, 2.05) is 79.7 Å². The van der Waals surface area contributed by atoms with Gasteiger partial charge in [-0.3, -0.25) is 0 Å². The fraction of sp³-hybridized carbons (Fsp3) is 0.233. The number of nitrogens with zero attached hydrogens (tertiary/aromatic N) is 2. The molecule has 0 aliphatic carbocycles. The van der Waals surface area contributed by atoms with Gasteiger partial charge in [0.15, 0.2) is 0 Å². The number of benzene rings is 3. The summed E-state index contributed by atoms with van der Waals surface area (Å²) in [6.45, 7) is 2.97. The normalized spacial score (nSPS) is 16.9. The number of hydrogen-bond donors (Lipinski definition) is 0. The first-order valence-electron chi connectivity index (χ1n) is 12.3. The van der Waals surface area contributed by atoms with Crippen molar-refractivity contribution in [2.45, 2.75) is 20.0 Å². The average Bonchev–Trinajstić information content (AvgIpc) is 3.52. The van der Waals surface area contributed by atoms with Gasteiger partial charge in [-0.1, -0.05) is 48.5 Å². The van der Waals surface area contributed by atoms with Gasteiger partial charge in [-0.15, -0.1) is 0 Å². The van der Waals surface area contributed by atoms with Gasteiger partial charge >= 0.3 is 6.09 Å². The van der Waals surface area contributed by atoms with Crippen molar-refractivity contribution in [3.05, 3.63) is 102 Å². The van der Waals surface area contributed by atoms with Crippen LogP contribution in [0.25, 0.3) is 11.5 Å². The van der Waals surface area contributed by atoms with Crippen LogP contribution in [0.2, 0.25) is 0 Å². The highest BCUT2D eigenvalue weighted by atomic mass is 16.6. The van der Waals surface area contributed by atoms with Gasteiger partial charge < -0.3 is 23.6 Å². The molecule has 188 valence electrons. The molecule has 37 heavy (non-hydrogen) atoms. The molecule has 1 amide bonds. The maximum absolute atomic E-state index is 12.6. The predicted octanol–water partition coefficient (Wildman–Crippen LogP) is 5.72. The first kappa shape index (κ1) is 24.3. The molecule has 7 nitrogen and oxygen atoms in total. The number of aryl methyl sites for hydroxylation is 1. The monoisotopic (exact) mass is 496 g/mol. The highest BCUT2D eigenvalue weighted by molar-refractivity contribution is 5.72. The number of oxazole rings is 1. The van der Waals surface area contributed by atoms with Crippen molar-refractivity contribution in [1.82, 2.24) is 9.88 Å². The van der Waals surface area contributed by atoms with Crippen molar-refractivity contribution in [2.24, 2.45) is 11.8 Å². The molecular weight excluding hydrogens is 468 g/mol. The van der Waals surface area contributed by atoms with Crippen molar-refractivity contribution in [2.75, 3.05) is 13.1 Å². The molecule has 0 unspecified atom stereocenters. The van der Waals surface area contributed by atoms with Gasteiger partial charge in [0.05, 0.1) is 0 Å². The molecule has 0 N–H and O–H groups in total. The summed E-state index contributed by atoms with van der Waals surface area (Å²) in [7, 11) is 0. The average molecular weight is 497 g/mol. The molecule has 7 heteroatoms. The van der Waals surface area contributed by atoms with Crippen LogP contribution >= 0.6 is 0 Å². The summed E-state index contributed by atoms with van der Waals surface area (Å²) in [5, 5.41) is 0. The molecule has 0 bridgehead atoms. The van der Waals surface area contributed by atoms with E-state index in [-0.39, 0.29) is 18.4 Å². The Kier molecular flexibility index (Phi) is 7.31. The molecular formula is C30H28N2O5. The number of aldehydes is 1. The first-order chi connectivity index (χ1) is 18.1. The Hall–Kier alpha value is -4.39. The zero-order valence-corrected chi connectivity index (χ0v) is 20.6. The van der Waals surface area contributed by atoms with E-state index in [1.54, 1.807) is 17.0 Å². The second-order valence-corrected chi connectivity index (χ2v) is 9.17. The van der Waals surface area contributed by atoms with E-state index in [0.717, 1.165) is 28.9 Å². The number of hydrogen-bond acceptors (Lipinski definition) is 6. The first-order valence-corrected chi connectivity index (χ1v) is 12.3. The van der Waals surface area contributed by atoms with E-state index in [2.05, 4.69) is 4.98 Å². The number of ether oxygens (including phenoxy) is 2. The van der Waals surface area contributed by atoms with E-state index in [4.69, 9.17) is 13.9 Å². The van der Waals surface area contributed by atoms with Crippen molar-refractivity contribution in [3.8, 4) is 23.0 Å². The van der Waals surface area contributed by atoms with Crippen LogP contribution in [0, 0.1) is 18.8 Å². The van der Waals surface area contributed by atoms with Crippen molar-refractivity contribution < 1.29 is 23.5 Å². The van der Waals surface area contributed by atoms with Crippen LogP contribution in [-0.2, 0) is 17.8 Å². The summed E-state index contributed by atoms with van der Waals surface area (Å²) in [6, 6.07) is 26.5. The lowest BCUT2D eigenvalue weighted by atomic mass is 9.91. The molecule has 0 radical (unpaired) electrons. The number of para-hydroxylation sites is 1. The molecule has 1 aliphatic heterocycles. The molecule has 4 aromatic rings. The Balaban J connectivity index is 1.20. The van der Waals surface area contributed by atoms with Crippen molar-refractivity contribution >= 4 is 12.4 Å². The Morgan fingerprint density at radius 1 is 1.00 bits per heavy atom. The van der Waals surface area contributed by atoms with E-state index < -0.39 is 6.09 Å². The van der Waals surface area contributed by atoms with E-state index in [9.17, 15) is 9.59 Å². The van der Waals surface area contributed by atoms with Crippen LogP contribution in [0.3, 0.4) is 0 Å². The quantitative estimate of drug-likeness (QED) is 0.290. The Labute approximate surface area is 215 Å². The lowest BCUT2D eigenvalue weighted by molar-refractivity contribution is -0.111. The molecule has 5 rings (SSSR count). The smallest absolute Gasteiger partial charge is 0.415 e. The second kappa shape index (κ2) is 11.1. The summed E-state index contributed by atoms with van der Waals surface area (Å²) in [5.41, 5.74) is 2.70. The Morgan fingerprint density at radius 3 is 2.49 bits per heavy atom. The Morgan fingerprint density at radius 2 is 1.73 bits per heavy atom. The molecule has 1 saturated heterocycles. The van der Waals surface area contributed by atoms with Gasteiger partial charge in [-0.25, -0.2) is 9.78 Å². The number of amides is 1. The zero-order valence-electron chi connectivity index (χ0n) is 20.6. The highest BCUT2D eigenvalue weighted by Gasteiger charge is 2.36. The largest absolute Gasteiger partial charge is 0.487 e. The summed E-state index contributed by atoms with van der Waals surface area (Å²) in [5.74, 6) is 2.24. The third-order valence-electron chi connectivity index (χ3n) is 6.56. The minimum absolute atomic E-state index is 0.00212. The van der Waals surface area contributed by atoms with Gasteiger partial charge in [-0.05, 0) is 61.2 Å². The fourth-order valence-electron chi connectivity index (χ4n) is 4.55. The van der Waals surface area contributed by atoms with Gasteiger partial charge in [0.2, 0.25) is 5.89 Å². The molecule has 1 aliphatic rings. The lowest BCUT2D eigenvalue weighted by Gasteiger charge is -2.16. The Bertz CT molecular complexity index is 1350. The predicted molar refractivity (Wildman–Crippen MR) is 138 cm³/mol. The number of carbonyl (C=O) groups excluding carboxylic acids is 2. The van der Waals surface area contributed by atoms with Gasteiger partial charge in [-0.2, -0.15) is 0 Å². The van der Waals surface area contributed by atoms with Crippen LogP contribution in [0.15, 0.2) is 89.3 Å². The molecule has 1 aromatic heterocycles. The minimum Gasteiger partial charge on any atom is -0.487 e. The van der Waals surface area contributed by atoms with Gasteiger partial charge in [0.1, 0.15) is 35.8 Å². The second-order valence-electron chi connectivity index (χ2n) is 9.17. The fourth-order valence-corrected chi connectivity index (χ4v) is 4.55. The molecule has 3 aromatic carbocycles. The molecule has 2 heterocycles. The molecule has 1 fully saturated rings. The maximum atomic E-state index is 12.6. The minimum atomic E-state index is -0.435. The van der Waals surface area contributed by atoms with Crippen LogP contribution in [0.1, 0.15) is 17.0 Å². The zero-order chi connectivity index (χ0) is 25.6. The van der Waals surface area contributed by atoms with Gasteiger partial charge in [0, 0.05) is 24.6 Å². The van der Waals surface area contributed by atoms with Gasteiger partial charge in [0.25, 0.3) is 0 Å². The van der Waals surface area contributed by atoms with Crippen molar-refractivity contribution in [3.63, 3.8) is 0 Å². The number of aromatic nitrogens is 1. The maximum Gasteiger partial charge on any atom is 0.415 e. The SMILES string of the molecule is Cc1oc(-c2ccccc2)nc1COc1cccc(C[C@@H]2CN(C(=O)Oc3ccccc3)C[C@@H]2C=O)c1. The topological polar surface area (TPSA) is 81.9 Å². The number of carbonyl (C=O) groups is 2. The van der Waals surface area contributed by atoms with Crippen LogP contribution in [-0.4, -0.2) is 35.4 Å². The van der Waals surface area contributed by atoms with E-state index >= 15 is 0 Å². The molecule has 0 saturated carbocycles. The lowest BCUT2D eigenvalue weighted by Crippen LogP contribution is -2.32. The van der Waals surface area contributed by atoms with Crippen LogP contribution in [0.5, 0.6) is 11.5 Å². The van der Waals surface area contributed by atoms with E-state index in [1.165, 1.54) is 0 Å². The highest BCUT2D eigenvalue weighted by Crippen LogP contribution is 2.28. The number of likely N-dealkylation sites (tertiary alicyclic amines) is 1. The number of rotatable bonds is 8. The summed E-state index contributed by atoms with van der Waals surface area (Å²) >= 11 is 0. The summed E-state index contributed by atoms with van der Waals surface area (Å²) in [6.07, 6.45) is 1.16. The summed E-state index contributed by atoms with van der Waals surface area (Å²) in [4.78, 5) is 30.6. The van der Waals surface area contributed by atoms with Crippen LogP contribution < -0.4 is 9.47 Å². The summed E-state index contributed by atoms with van der Waals surface area (Å²) < 4.78 is 17.3. The molecule has 0 spiro atoms.